The van der Waals surface area contributed by atoms with E-state index >= 15 is 0 Å². The van der Waals surface area contributed by atoms with Crippen LogP contribution in [0.25, 0.3) is 0 Å². The number of piperidine rings is 2. The summed E-state index contributed by atoms with van der Waals surface area (Å²) in [5.41, 5.74) is 2.77. The quantitative estimate of drug-likeness (QED) is 0.866. The first-order chi connectivity index (χ1) is 13.3. The van der Waals surface area contributed by atoms with Crippen molar-refractivity contribution in [2.45, 2.75) is 52.5 Å². The SMILES string of the molecule is Cc1cc(C)cc(C(=O)N2CCCC(C(=O)N3CCC[C@@H](C(=O)O)[C@H]3C)C2)c1. The fourth-order valence-corrected chi connectivity index (χ4v) is 4.66. The maximum atomic E-state index is 13.1. The predicted molar refractivity (Wildman–Crippen MR) is 106 cm³/mol. The summed E-state index contributed by atoms with van der Waals surface area (Å²) in [5.74, 6) is -1.62. The van der Waals surface area contributed by atoms with E-state index in [4.69, 9.17) is 0 Å². The Morgan fingerprint density at radius 3 is 2.29 bits per heavy atom. The number of benzene rings is 1. The lowest BCUT2D eigenvalue weighted by Crippen LogP contribution is -2.53. The number of aliphatic carboxylic acids is 1. The van der Waals surface area contributed by atoms with Crippen molar-refractivity contribution in [3.8, 4) is 0 Å². The summed E-state index contributed by atoms with van der Waals surface area (Å²) >= 11 is 0. The van der Waals surface area contributed by atoms with Gasteiger partial charge in [-0.3, -0.25) is 14.4 Å². The van der Waals surface area contributed by atoms with Crippen molar-refractivity contribution in [1.29, 1.82) is 0 Å². The molecule has 2 aliphatic heterocycles. The van der Waals surface area contributed by atoms with E-state index in [0.717, 1.165) is 24.0 Å². The van der Waals surface area contributed by atoms with Gasteiger partial charge in [-0.05, 0) is 58.6 Å². The van der Waals surface area contributed by atoms with Crippen molar-refractivity contribution < 1.29 is 19.5 Å². The topological polar surface area (TPSA) is 77.9 Å². The molecule has 1 N–H and O–H groups in total. The van der Waals surface area contributed by atoms with E-state index < -0.39 is 11.9 Å². The van der Waals surface area contributed by atoms with Crippen LogP contribution in [-0.2, 0) is 9.59 Å². The maximum absolute atomic E-state index is 13.1. The van der Waals surface area contributed by atoms with Crippen LogP contribution in [0.2, 0.25) is 0 Å². The maximum Gasteiger partial charge on any atom is 0.308 e. The molecule has 0 aromatic heterocycles. The highest BCUT2D eigenvalue weighted by atomic mass is 16.4. The van der Waals surface area contributed by atoms with Crippen LogP contribution in [0.4, 0.5) is 0 Å². The van der Waals surface area contributed by atoms with Crippen LogP contribution >= 0.6 is 0 Å². The van der Waals surface area contributed by atoms with E-state index in [0.29, 0.717) is 38.0 Å². The van der Waals surface area contributed by atoms with E-state index in [1.807, 2.05) is 39.0 Å². The molecule has 2 aliphatic rings. The van der Waals surface area contributed by atoms with Crippen LogP contribution in [0.15, 0.2) is 18.2 Å². The Labute approximate surface area is 166 Å². The van der Waals surface area contributed by atoms with Crippen LogP contribution in [0, 0.1) is 25.7 Å². The number of amides is 2. The molecule has 28 heavy (non-hydrogen) atoms. The minimum absolute atomic E-state index is 0.00336. The summed E-state index contributed by atoms with van der Waals surface area (Å²) in [7, 11) is 0. The molecule has 2 heterocycles. The lowest BCUT2D eigenvalue weighted by atomic mass is 9.88. The molecule has 1 aromatic rings. The van der Waals surface area contributed by atoms with Crippen molar-refractivity contribution in [3.63, 3.8) is 0 Å². The molecule has 6 nitrogen and oxygen atoms in total. The molecule has 0 radical (unpaired) electrons. The fourth-order valence-electron chi connectivity index (χ4n) is 4.66. The molecule has 2 amide bonds. The zero-order valence-electron chi connectivity index (χ0n) is 17.0. The number of carbonyl (C=O) groups excluding carboxylic acids is 2. The zero-order valence-corrected chi connectivity index (χ0v) is 17.0. The lowest BCUT2D eigenvalue weighted by molar-refractivity contribution is -0.151. The summed E-state index contributed by atoms with van der Waals surface area (Å²) in [6.45, 7) is 7.45. The van der Waals surface area contributed by atoms with Crippen molar-refractivity contribution in [1.82, 2.24) is 9.80 Å². The molecule has 152 valence electrons. The summed E-state index contributed by atoms with van der Waals surface area (Å²) in [5, 5.41) is 9.41. The molecule has 2 saturated heterocycles. The molecule has 0 bridgehead atoms. The van der Waals surface area contributed by atoms with Gasteiger partial charge in [0.2, 0.25) is 5.91 Å². The zero-order chi connectivity index (χ0) is 20.4. The van der Waals surface area contributed by atoms with Gasteiger partial charge in [-0.25, -0.2) is 0 Å². The molecule has 1 unspecified atom stereocenters. The minimum Gasteiger partial charge on any atom is -0.481 e. The van der Waals surface area contributed by atoms with E-state index in [1.165, 1.54) is 0 Å². The van der Waals surface area contributed by atoms with E-state index in [1.54, 1.807) is 9.80 Å². The van der Waals surface area contributed by atoms with Gasteiger partial charge in [-0.1, -0.05) is 17.2 Å². The second kappa shape index (κ2) is 8.33. The summed E-state index contributed by atoms with van der Waals surface area (Å²) < 4.78 is 0. The molecule has 6 heteroatoms. The molecule has 2 fully saturated rings. The highest BCUT2D eigenvalue weighted by molar-refractivity contribution is 5.95. The smallest absolute Gasteiger partial charge is 0.308 e. The molecule has 0 saturated carbocycles. The van der Waals surface area contributed by atoms with Crippen molar-refractivity contribution >= 4 is 17.8 Å². The first-order valence-corrected chi connectivity index (χ1v) is 10.2. The average molecular weight is 386 g/mol. The normalized spacial score (nSPS) is 25.5. The number of carboxylic acids is 1. The van der Waals surface area contributed by atoms with Gasteiger partial charge >= 0.3 is 5.97 Å². The highest BCUT2D eigenvalue weighted by Crippen LogP contribution is 2.28. The number of hydrogen-bond donors (Lipinski definition) is 1. The van der Waals surface area contributed by atoms with Crippen LogP contribution < -0.4 is 0 Å². The Balaban J connectivity index is 1.71. The molecular formula is C22H30N2O4. The monoisotopic (exact) mass is 386 g/mol. The van der Waals surface area contributed by atoms with Gasteiger partial charge in [0, 0.05) is 31.2 Å². The number of hydrogen-bond acceptors (Lipinski definition) is 3. The first-order valence-electron chi connectivity index (χ1n) is 10.2. The van der Waals surface area contributed by atoms with Gasteiger partial charge in [-0.15, -0.1) is 0 Å². The van der Waals surface area contributed by atoms with Gasteiger partial charge < -0.3 is 14.9 Å². The number of carboxylic acid groups (broad SMARTS) is 1. The average Bonchev–Trinajstić information content (AvgIpc) is 2.66. The van der Waals surface area contributed by atoms with Crippen molar-refractivity contribution in [2.75, 3.05) is 19.6 Å². The number of rotatable bonds is 3. The largest absolute Gasteiger partial charge is 0.481 e. The fraction of sp³-hybridized carbons (Fsp3) is 0.591. The third-order valence-electron chi connectivity index (χ3n) is 6.11. The molecule has 3 atom stereocenters. The molecule has 0 aliphatic carbocycles. The number of aryl methyl sites for hydroxylation is 2. The highest BCUT2D eigenvalue weighted by Gasteiger charge is 2.39. The van der Waals surface area contributed by atoms with Gasteiger partial charge in [-0.2, -0.15) is 0 Å². The van der Waals surface area contributed by atoms with E-state index in [-0.39, 0.29) is 23.8 Å². The van der Waals surface area contributed by atoms with Gasteiger partial charge in [0.05, 0.1) is 11.8 Å². The van der Waals surface area contributed by atoms with Crippen LogP contribution in [0.1, 0.15) is 54.1 Å². The summed E-state index contributed by atoms with van der Waals surface area (Å²) in [6.07, 6.45) is 2.86. The van der Waals surface area contributed by atoms with Gasteiger partial charge in [0.1, 0.15) is 0 Å². The minimum atomic E-state index is -0.833. The third kappa shape index (κ3) is 4.21. The molecule has 3 rings (SSSR count). The van der Waals surface area contributed by atoms with Crippen LogP contribution in [-0.4, -0.2) is 58.4 Å². The molecule has 0 spiro atoms. The Kier molecular flexibility index (Phi) is 6.06. The number of nitrogens with zero attached hydrogens (tertiary/aromatic N) is 2. The predicted octanol–water partition coefficient (Wildman–Crippen LogP) is 2.87. The molecular weight excluding hydrogens is 356 g/mol. The Morgan fingerprint density at radius 2 is 1.64 bits per heavy atom. The van der Waals surface area contributed by atoms with Crippen molar-refractivity contribution in [2.24, 2.45) is 11.8 Å². The van der Waals surface area contributed by atoms with E-state index in [2.05, 4.69) is 0 Å². The standard InChI is InChI=1S/C22H30N2O4/c1-14-10-15(2)12-18(11-14)20(25)23-8-4-6-17(13-23)21(26)24-9-5-7-19(16(24)3)22(27)28/h10-12,16-17,19H,4-9,13H2,1-3H3,(H,27,28)/t16-,17?,19-/m1/s1. The van der Waals surface area contributed by atoms with Crippen LogP contribution in [0.5, 0.6) is 0 Å². The van der Waals surface area contributed by atoms with Crippen LogP contribution in [0.3, 0.4) is 0 Å². The Hall–Kier alpha value is -2.37. The van der Waals surface area contributed by atoms with Gasteiger partial charge in [0.15, 0.2) is 0 Å². The number of carbonyl (C=O) groups is 3. The van der Waals surface area contributed by atoms with Gasteiger partial charge in [0.25, 0.3) is 5.91 Å². The summed E-state index contributed by atoms with van der Waals surface area (Å²) in [4.78, 5) is 41.1. The number of likely N-dealkylation sites (tertiary alicyclic amines) is 2. The Morgan fingerprint density at radius 1 is 1.00 bits per heavy atom. The molecule has 1 aromatic carbocycles. The third-order valence-corrected chi connectivity index (χ3v) is 6.11. The lowest BCUT2D eigenvalue weighted by Gasteiger charge is -2.41. The van der Waals surface area contributed by atoms with E-state index in [9.17, 15) is 19.5 Å². The second-order valence-corrected chi connectivity index (χ2v) is 8.33. The Bertz CT molecular complexity index is 756. The summed E-state index contributed by atoms with van der Waals surface area (Å²) in [6, 6.07) is 5.52. The van der Waals surface area contributed by atoms with Crippen molar-refractivity contribution in [3.05, 3.63) is 34.9 Å². The first kappa shape index (κ1) is 20.4. The second-order valence-electron chi connectivity index (χ2n) is 8.33.